The molecule has 220 valence electrons. The van der Waals surface area contributed by atoms with Crippen molar-refractivity contribution < 1.29 is 45.3 Å². The van der Waals surface area contributed by atoms with Crippen LogP contribution in [0.15, 0.2) is 42.5 Å². The summed E-state index contributed by atoms with van der Waals surface area (Å²) < 4.78 is 92.0. The minimum atomic E-state index is -4.75. The van der Waals surface area contributed by atoms with Gasteiger partial charge in [-0.2, -0.15) is 13.2 Å². The van der Waals surface area contributed by atoms with E-state index in [-0.39, 0.29) is 42.1 Å². The van der Waals surface area contributed by atoms with Crippen LogP contribution in [0.25, 0.3) is 0 Å². The summed E-state index contributed by atoms with van der Waals surface area (Å²) in [6.45, 7) is 2.36. The van der Waals surface area contributed by atoms with Crippen molar-refractivity contribution in [3.63, 3.8) is 0 Å². The number of carbonyl (C=O) groups excluding carboxylic acids is 1. The van der Waals surface area contributed by atoms with Crippen molar-refractivity contribution in [2.75, 3.05) is 25.0 Å². The number of piperidine rings is 1. The highest BCUT2D eigenvalue weighted by Gasteiger charge is 2.33. The number of likely N-dealkylation sites (tertiary alicyclic amines) is 1. The van der Waals surface area contributed by atoms with Gasteiger partial charge in [0.25, 0.3) is 0 Å². The second-order valence-corrected chi connectivity index (χ2v) is 10.2. The van der Waals surface area contributed by atoms with Gasteiger partial charge in [-0.15, -0.1) is 13.2 Å². The fourth-order valence-corrected chi connectivity index (χ4v) is 5.04. The molecule has 1 saturated carbocycles. The Balaban J connectivity index is 1.14. The van der Waals surface area contributed by atoms with E-state index < -0.39 is 18.1 Å². The van der Waals surface area contributed by atoms with E-state index in [0.717, 1.165) is 18.9 Å². The second kappa shape index (κ2) is 12.6. The summed E-state index contributed by atoms with van der Waals surface area (Å²) in [4.78, 5) is 14.4. The molecule has 2 aromatic carbocycles. The van der Waals surface area contributed by atoms with Crippen molar-refractivity contribution in [2.45, 2.75) is 76.2 Å². The Bertz CT molecular complexity index is 1120. The summed E-state index contributed by atoms with van der Waals surface area (Å²) in [5.74, 6) is -0.0154. The summed E-state index contributed by atoms with van der Waals surface area (Å²) in [5.41, 5.74) is -0.0145. The number of hydrogen-bond donors (Lipinski definition) is 1. The molecule has 1 aliphatic carbocycles. The molecular formula is C28H32F6N2O4. The number of aryl methyl sites for hydroxylation is 1. The highest BCUT2D eigenvalue weighted by Crippen LogP contribution is 2.34. The maximum Gasteiger partial charge on any atom is 0.573 e. The predicted octanol–water partition coefficient (Wildman–Crippen LogP) is 6.72. The average Bonchev–Trinajstić information content (AvgIpc) is 2.89. The first-order valence-corrected chi connectivity index (χ1v) is 13.2. The lowest BCUT2D eigenvalue weighted by Gasteiger charge is -2.33. The lowest BCUT2D eigenvalue weighted by molar-refractivity contribution is -0.274. The minimum Gasteiger partial charge on any atom is -0.490 e. The van der Waals surface area contributed by atoms with Gasteiger partial charge in [-0.25, -0.2) is 0 Å². The smallest absolute Gasteiger partial charge is 0.490 e. The highest BCUT2D eigenvalue weighted by molar-refractivity contribution is 5.77. The lowest BCUT2D eigenvalue weighted by atomic mass is 9.92. The number of ether oxygens (including phenoxy) is 3. The third-order valence-electron chi connectivity index (χ3n) is 7.19. The molecule has 1 amide bonds. The van der Waals surface area contributed by atoms with Crippen molar-refractivity contribution >= 4 is 11.6 Å². The largest absolute Gasteiger partial charge is 0.573 e. The molecule has 1 N–H and O–H groups in total. The number of alkyl halides is 6. The molecule has 1 heterocycles. The Labute approximate surface area is 228 Å². The van der Waals surface area contributed by atoms with E-state index in [0.29, 0.717) is 50.2 Å². The number of hydrogen-bond acceptors (Lipinski definition) is 5. The molecule has 0 aromatic heterocycles. The van der Waals surface area contributed by atoms with E-state index in [1.54, 1.807) is 11.0 Å². The van der Waals surface area contributed by atoms with E-state index >= 15 is 0 Å². The molecular weight excluding hydrogens is 542 g/mol. The Morgan fingerprint density at radius 1 is 0.875 bits per heavy atom. The van der Waals surface area contributed by atoms with Crippen molar-refractivity contribution in [3.8, 4) is 11.5 Å². The minimum absolute atomic E-state index is 0.0340. The van der Waals surface area contributed by atoms with Gasteiger partial charge < -0.3 is 24.4 Å². The Morgan fingerprint density at radius 3 is 2.10 bits per heavy atom. The molecule has 6 nitrogen and oxygen atoms in total. The number of nitrogens with zero attached hydrogens (tertiary/aromatic N) is 1. The number of nitrogens with one attached hydrogen (secondary N) is 1. The maximum absolute atomic E-state index is 13.2. The van der Waals surface area contributed by atoms with Gasteiger partial charge in [0.1, 0.15) is 24.2 Å². The van der Waals surface area contributed by atoms with Gasteiger partial charge in [-0.3, -0.25) is 4.79 Å². The molecule has 4 rings (SSSR count). The van der Waals surface area contributed by atoms with Crippen LogP contribution in [0.2, 0.25) is 0 Å². The fraction of sp³-hybridized carbons (Fsp3) is 0.536. The molecule has 2 aliphatic rings. The van der Waals surface area contributed by atoms with Crippen molar-refractivity contribution in [1.82, 2.24) is 4.90 Å². The van der Waals surface area contributed by atoms with Crippen LogP contribution in [0, 0.1) is 6.92 Å². The van der Waals surface area contributed by atoms with Gasteiger partial charge in [0.15, 0.2) is 0 Å². The van der Waals surface area contributed by atoms with E-state index in [1.807, 2.05) is 0 Å². The van der Waals surface area contributed by atoms with Crippen LogP contribution in [0.4, 0.5) is 32.0 Å². The second-order valence-electron chi connectivity index (χ2n) is 10.2. The summed E-state index contributed by atoms with van der Waals surface area (Å²) in [6, 6.07) is 9.51. The number of benzene rings is 2. The number of halogens is 6. The zero-order chi connectivity index (χ0) is 28.9. The standard InChI is InChI=1S/C28H32F6N2O4/c1-18-2-3-20(16-25(18)27(29,30)31)35-19-4-6-21(7-5-19)38-17-26(37)36-14-12-23(13-15-36)39-22-8-10-24(11-9-22)40-28(32,33)34/h2-3,8-11,16,19,21,23,35H,4-7,12-15,17H2,1H3/t19-,21-. The molecule has 2 aromatic rings. The van der Waals surface area contributed by atoms with E-state index in [9.17, 15) is 31.1 Å². The lowest BCUT2D eigenvalue weighted by Crippen LogP contribution is -2.44. The van der Waals surface area contributed by atoms with E-state index in [1.165, 1.54) is 37.3 Å². The van der Waals surface area contributed by atoms with Crippen molar-refractivity contribution in [1.29, 1.82) is 0 Å². The SMILES string of the molecule is Cc1ccc(N[C@H]2CC[C@H](OCC(=O)N3CCC(Oc4ccc(OC(F)(F)F)cc4)CC3)CC2)cc1C(F)(F)F. The molecule has 0 atom stereocenters. The van der Waals surface area contributed by atoms with Crippen LogP contribution in [0.3, 0.4) is 0 Å². The van der Waals surface area contributed by atoms with Crippen LogP contribution < -0.4 is 14.8 Å². The highest BCUT2D eigenvalue weighted by atomic mass is 19.4. The third-order valence-corrected chi connectivity index (χ3v) is 7.19. The first kappa shape index (κ1) is 29.8. The first-order valence-electron chi connectivity index (χ1n) is 13.2. The molecule has 1 aliphatic heterocycles. The number of carbonyl (C=O) groups is 1. The predicted molar refractivity (Wildman–Crippen MR) is 135 cm³/mol. The van der Waals surface area contributed by atoms with Crippen molar-refractivity contribution in [2.24, 2.45) is 0 Å². The van der Waals surface area contributed by atoms with Crippen LogP contribution in [-0.2, 0) is 15.7 Å². The normalized spacial score (nSPS) is 20.7. The van der Waals surface area contributed by atoms with Crippen LogP contribution in [0.5, 0.6) is 11.5 Å². The van der Waals surface area contributed by atoms with E-state index in [2.05, 4.69) is 10.1 Å². The maximum atomic E-state index is 13.2. The topological polar surface area (TPSA) is 60.0 Å². The number of anilines is 1. The molecule has 0 bridgehead atoms. The summed E-state index contributed by atoms with van der Waals surface area (Å²) in [5, 5.41) is 3.20. The van der Waals surface area contributed by atoms with Gasteiger partial charge in [0, 0.05) is 37.7 Å². The molecule has 12 heteroatoms. The quantitative estimate of drug-likeness (QED) is 0.355. The first-order chi connectivity index (χ1) is 18.9. The van der Waals surface area contributed by atoms with Gasteiger partial charge in [-0.05, 0) is 74.6 Å². The molecule has 0 unspecified atom stereocenters. The van der Waals surface area contributed by atoms with Gasteiger partial charge in [0.05, 0.1) is 11.7 Å². The zero-order valence-electron chi connectivity index (χ0n) is 22.0. The van der Waals surface area contributed by atoms with Crippen LogP contribution >= 0.6 is 0 Å². The molecule has 40 heavy (non-hydrogen) atoms. The Morgan fingerprint density at radius 2 is 1.50 bits per heavy atom. The van der Waals surface area contributed by atoms with Crippen LogP contribution in [0.1, 0.15) is 49.7 Å². The summed E-state index contributed by atoms with van der Waals surface area (Å²) in [6.07, 6.45) is -5.39. The Hall–Kier alpha value is -3.15. The summed E-state index contributed by atoms with van der Waals surface area (Å²) in [7, 11) is 0. The number of rotatable bonds is 8. The van der Waals surface area contributed by atoms with Gasteiger partial charge in [-0.1, -0.05) is 6.07 Å². The Kier molecular flexibility index (Phi) is 9.37. The molecule has 0 radical (unpaired) electrons. The zero-order valence-corrected chi connectivity index (χ0v) is 22.0. The van der Waals surface area contributed by atoms with Crippen LogP contribution in [-0.4, -0.2) is 55.1 Å². The average molecular weight is 575 g/mol. The monoisotopic (exact) mass is 574 g/mol. The molecule has 1 saturated heterocycles. The molecule has 2 fully saturated rings. The number of amides is 1. The summed E-state index contributed by atoms with van der Waals surface area (Å²) >= 11 is 0. The third kappa shape index (κ3) is 8.67. The van der Waals surface area contributed by atoms with Gasteiger partial charge in [0.2, 0.25) is 5.91 Å². The van der Waals surface area contributed by atoms with E-state index in [4.69, 9.17) is 9.47 Å². The van der Waals surface area contributed by atoms with Crippen molar-refractivity contribution in [3.05, 3.63) is 53.6 Å². The molecule has 0 spiro atoms. The van der Waals surface area contributed by atoms with Gasteiger partial charge >= 0.3 is 12.5 Å². The fourth-order valence-electron chi connectivity index (χ4n) is 5.04.